The second-order valence-corrected chi connectivity index (χ2v) is 3.98. The van der Waals surface area contributed by atoms with Gasteiger partial charge in [-0.15, -0.1) is 0 Å². The zero-order valence-corrected chi connectivity index (χ0v) is 9.56. The third kappa shape index (κ3) is 2.25. The van der Waals surface area contributed by atoms with Gasteiger partial charge in [-0.05, 0) is 19.2 Å². The Morgan fingerprint density at radius 2 is 2.06 bits per heavy atom. The minimum absolute atomic E-state index is 0.192. The van der Waals surface area contributed by atoms with Crippen molar-refractivity contribution in [3.05, 3.63) is 35.0 Å². The SMILES string of the molecule is CNC(c1cc2cccc(Cl)c2o1)C(F)(F)F. The van der Waals surface area contributed by atoms with Crippen molar-refractivity contribution in [3.63, 3.8) is 0 Å². The lowest BCUT2D eigenvalue weighted by molar-refractivity contribution is -0.159. The first-order valence-electron chi connectivity index (χ1n) is 4.85. The third-order valence-corrected chi connectivity index (χ3v) is 2.71. The molecule has 2 nitrogen and oxygen atoms in total. The fourth-order valence-electron chi connectivity index (χ4n) is 1.66. The van der Waals surface area contributed by atoms with Gasteiger partial charge in [0.1, 0.15) is 5.76 Å². The first-order chi connectivity index (χ1) is 7.93. The maximum absolute atomic E-state index is 12.7. The summed E-state index contributed by atoms with van der Waals surface area (Å²) < 4.78 is 43.2. The molecule has 0 spiro atoms. The van der Waals surface area contributed by atoms with Gasteiger partial charge in [-0.2, -0.15) is 13.2 Å². The van der Waals surface area contributed by atoms with Crippen LogP contribution in [-0.2, 0) is 0 Å². The van der Waals surface area contributed by atoms with Crippen LogP contribution in [0, 0.1) is 0 Å². The number of benzene rings is 1. The van der Waals surface area contributed by atoms with Crippen molar-refractivity contribution in [2.45, 2.75) is 12.2 Å². The van der Waals surface area contributed by atoms with Crippen LogP contribution in [0.2, 0.25) is 5.02 Å². The number of para-hydroxylation sites is 1. The summed E-state index contributed by atoms with van der Waals surface area (Å²) in [6, 6.07) is 4.39. The summed E-state index contributed by atoms with van der Waals surface area (Å²) in [7, 11) is 1.23. The van der Waals surface area contributed by atoms with Crippen LogP contribution in [0.1, 0.15) is 11.8 Å². The van der Waals surface area contributed by atoms with Crippen LogP contribution in [0.25, 0.3) is 11.0 Å². The van der Waals surface area contributed by atoms with Crippen molar-refractivity contribution < 1.29 is 17.6 Å². The minimum Gasteiger partial charge on any atom is -0.457 e. The largest absolute Gasteiger partial charge is 0.457 e. The van der Waals surface area contributed by atoms with Gasteiger partial charge in [0.15, 0.2) is 11.6 Å². The van der Waals surface area contributed by atoms with Gasteiger partial charge < -0.3 is 9.73 Å². The van der Waals surface area contributed by atoms with E-state index in [4.69, 9.17) is 16.0 Å². The second-order valence-electron chi connectivity index (χ2n) is 3.57. The summed E-state index contributed by atoms with van der Waals surface area (Å²) in [6.45, 7) is 0. The molecule has 0 saturated carbocycles. The van der Waals surface area contributed by atoms with Crippen molar-refractivity contribution in [1.82, 2.24) is 5.32 Å². The lowest BCUT2D eigenvalue weighted by Gasteiger charge is -2.16. The van der Waals surface area contributed by atoms with Gasteiger partial charge in [-0.1, -0.05) is 23.7 Å². The van der Waals surface area contributed by atoms with E-state index < -0.39 is 12.2 Å². The molecule has 0 saturated heterocycles. The molecule has 0 aliphatic carbocycles. The predicted molar refractivity (Wildman–Crippen MR) is 59.1 cm³/mol. The summed E-state index contributed by atoms with van der Waals surface area (Å²) in [5, 5.41) is 3.03. The van der Waals surface area contributed by atoms with Crippen LogP contribution in [0.3, 0.4) is 0 Å². The predicted octanol–water partition coefficient (Wildman–Crippen LogP) is 3.91. The third-order valence-electron chi connectivity index (χ3n) is 2.42. The maximum Gasteiger partial charge on any atom is 0.410 e. The van der Waals surface area contributed by atoms with Gasteiger partial charge in [-0.3, -0.25) is 0 Å². The number of halogens is 4. The smallest absolute Gasteiger partial charge is 0.410 e. The molecule has 2 rings (SSSR count). The Morgan fingerprint density at radius 1 is 1.35 bits per heavy atom. The number of rotatable bonds is 2. The van der Waals surface area contributed by atoms with E-state index in [1.807, 2.05) is 0 Å². The van der Waals surface area contributed by atoms with E-state index in [1.165, 1.54) is 13.1 Å². The molecule has 0 aliphatic rings. The summed E-state index contributed by atoms with van der Waals surface area (Å²) in [6.07, 6.45) is -4.41. The molecule has 0 aliphatic heterocycles. The Bertz CT molecular complexity index is 535. The molecule has 0 radical (unpaired) electrons. The van der Waals surface area contributed by atoms with Crippen molar-refractivity contribution in [2.24, 2.45) is 0 Å². The zero-order valence-electron chi connectivity index (χ0n) is 8.81. The van der Waals surface area contributed by atoms with E-state index in [1.54, 1.807) is 18.2 Å². The summed E-state index contributed by atoms with van der Waals surface area (Å²) in [5.41, 5.74) is 0.272. The Kier molecular flexibility index (Phi) is 3.05. The quantitative estimate of drug-likeness (QED) is 0.889. The molecule has 1 aromatic heterocycles. The Morgan fingerprint density at radius 3 is 2.59 bits per heavy atom. The van der Waals surface area contributed by atoms with Crippen LogP contribution >= 0.6 is 11.6 Å². The lowest BCUT2D eigenvalue weighted by Crippen LogP contribution is -2.31. The minimum atomic E-state index is -4.41. The van der Waals surface area contributed by atoms with Gasteiger partial charge in [-0.25, -0.2) is 0 Å². The van der Waals surface area contributed by atoms with Gasteiger partial charge in [0.05, 0.1) is 5.02 Å². The van der Waals surface area contributed by atoms with Gasteiger partial charge in [0.25, 0.3) is 0 Å². The first kappa shape index (κ1) is 12.3. The van der Waals surface area contributed by atoms with Crippen LogP contribution in [0.4, 0.5) is 13.2 Å². The van der Waals surface area contributed by atoms with E-state index in [9.17, 15) is 13.2 Å². The summed E-state index contributed by atoms with van der Waals surface area (Å²) in [4.78, 5) is 0. The van der Waals surface area contributed by atoms with Crippen LogP contribution in [0.5, 0.6) is 0 Å². The Labute approximate surface area is 100 Å². The fraction of sp³-hybridized carbons (Fsp3) is 0.273. The molecule has 1 N–H and O–H groups in total. The molecule has 0 amide bonds. The highest BCUT2D eigenvalue weighted by Gasteiger charge is 2.42. The normalized spacial score (nSPS) is 14.2. The molecule has 92 valence electrons. The highest BCUT2D eigenvalue weighted by Crippen LogP contribution is 2.36. The van der Waals surface area contributed by atoms with Crippen LogP contribution < -0.4 is 5.32 Å². The van der Waals surface area contributed by atoms with Crippen molar-refractivity contribution in [3.8, 4) is 0 Å². The standard InChI is InChI=1S/C11H9ClF3NO/c1-16-10(11(13,14)15)8-5-6-3-2-4-7(12)9(6)17-8/h2-5,10,16H,1H3. The number of nitrogens with one attached hydrogen (secondary N) is 1. The molecule has 2 aromatic rings. The number of furan rings is 1. The van der Waals surface area contributed by atoms with Gasteiger partial charge >= 0.3 is 6.18 Å². The zero-order chi connectivity index (χ0) is 12.6. The fourth-order valence-corrected chi connectivity index (χ4v) is 1.88. The molecular weight excluding hydrogens is 255 g/mol. The van der Waals surface area contributed by atoms with E-state index in [0.717, 1.165) is 0 Å². The van der Waals surface area contributed by atoms with Crippen molar-refractivity contribution >= 4 is 22.6 Å². The van der Waals surface area contributed by atoms with Gasteiger partial charge in [0, 0.05) is 5.39 Å². The van der Waals surface area contributed by atoms with Crippen LogP contribution in [0.15, 0.2) is 28.7 Å². The number of hydrogen-bond donors (Lipinski definition) is 1. The van der Waals surface area contributed by atoms with Crippen LogP contribution in [-0.4, -0.2) is 13.2 Å². The highest BCUT2D eigenvalue weighted by molar-refractivity contribution is 6.34. The molecule has 1 atom stereocenters. The summed E-state index contributed by atoms with van der Waals surface area (Å²) in [5.74, 6) is -0.192. The molecule has 1 heterocycles. The average Bonchev–Trinajstić information content (AvgIpc) is 2.61. The van der Waals surface area contributed by atoms with Crippen molar-refractivity contribution in [2.75, 3.05) is 7.05 Å². The van der Waals surface area contributed by atoms with E-state index in [0.29, 0.717) is 10.4 Å². The molecule has 1 aromatic carbocycles. The van der Waals surface area contributed by atoms with E-state index in [-0.39, 0.29) is 11.3 Å². The average molecular weight is 264 g/mol. The van der Waals surface area contributed by atoms with Crippen molar-refractivity contribution in [1.29, 1.82) is 0 Å². The molecular formula is C11H9ClF3NO. The number of alkyl halides is 3. The number of fused-ring (bicyclic) bond motifs is 1. The molecule has 1 unspecified atom stereocenters. The topological polar surface area (TPSA) is 25.2 Å². The lowest BCUT2D eigenvalue weighted by atomic mass is 10.2. The maximum atomic E-state index is 12.7. The van der Waals surface area contributed by atoms with E-state index >= 15 is 0 Å². The second kappa shape index (κ2) is 4.23. The molecule has 6 heteroatoms. The van der Waals surface area contributed by atoms with Gasteiger partial charge in [0.2, 0.25) is 0 Å². The molecule has 0 fully saturated rings. The molecule has 17 heavy (non-hydrogen) atoms. The Hall–Kier alpha value is -1.20. The summed E-state index contributed by atoms with van der Waals surface area (Å²) >= 11 is 5.84. The highest BCUT2D eigenvalue weighted by atomic mass is 35.5. The molecule has 0 bridgehead atoms. The Balaban J connectivity index is 2.52. The van der Waals surface area contributed by atoms with E-state index in [2.05, 4.69) is 5.32 Å². The number of hydrogen-bond acceptors (Lipinski definition) is 2. The first-order valence-corrected chi connectivity index (χ1v) is 5.23. The monoisotopic (exact) mass is 263 g/mol.